The number of thiazole rings is 1. The van der Waals surface area contributed by atoms with Crippen LogP contribution < -0.4 is 10.6 Å². The molecule has 0 unspecified atom stereocenters. The number of aliphatic hydroxyl groups excluding tert-OH is 1. The van der Waals surface area contributed by atoms with Crippen LogP contribution in [0.15, 0.2) is 29.8 Å². The fourth-order valence-corrected chi connectivity index (χ4v) is 5.78. The van der Waals surface area contributed by atoms with Crippen LogP contribution in [0.1, 0.15) is 64.1 Å². The molecule has 1 aromatic heterocycles. The van der Waals surface area contributed by atoms with Gasteiger partial charge in [0, 0.05) is 31.3 Å². The highest BCUT2D eigenvalue weighted by atomic mass is 79.9. The number of likely N-dealkylation sites (tertiary alicyclic amines) is 1. The van der Waals surface area contributed by atoms with Crippen molar-refractivity contribution in [2.45, 2.75) is 84.5 Å². The number of rotatable bonds is 11. The number of aromatic nitrogens is 1. The Morgan fingerprint density at radius 3 is 2.50 bits per heavy atom. The second-order valence-electron chi connectivity index (χ2n) is 10.9. The van der Waals surface area contributed by atoms with Gasteiger partial charge in [0.1, 0.15) is 12.1 Å². The van der Waals surface area contributed by atoms with Gasteiger partial charge in [0.2, 0.25) is 17.7 Å². The zero-order valence-electron chi connectivity index (χ0n) is 22.6. The Balaban J connectivity index is 1.63. The summed E-state index contributed by atoms with van der Waals surface area (Å²) in [6.45, 7) is 8.01. The molecule has 1 aromatic carbocycles. The van der Waals surface area contributed by atoms with E-state index in [1.165, 1.54) is 4.90 Å². The van der Waals surface area contributed by atoms with E-state index in [1.807, 2.05) is 57.5 Å². The average Bonchev–Trinajstić information content (AvgIpc) is 3.48. The van der Waals surface area contributed by atoms with Crippen molar-refractivity contribution in [3.05, 3.63) is 41.0 Å². The Morgan fingerprint density at radius 2 is 1.89 bits per heavy atom. The summed E-state index contributed by atoms with van der Waals surface area (Å²) >= 11 is 4.98. The summed E-state index contributed by atoms with van der Waals surface area (Å²) in [7, 11) is 0. The Hall–Kier alpha value is -2.30. The molecule has 1 aliphatic heterocycles. The number of benzene rings is 1. The van der Waals surface area contributed by atoms with Crippen molar-refractivity contribution in [3.63, 3.8) is 0 Å². The van der Waals surface area contributed by atoms with E-state index < -0.39 is 23.6 Å². The lowest BCUT2D eigenvalue weighted by Crippen LogP contribution is -2.57. The number of aliphatic hydroxyl groups is 1. The molecule has 0 saturated carbocycles. The molecular formula is C28H39BrN4O4S. The van der Waals surface area contributed by atoms with E-state index in [2.05, 4.69) is 31.5 Å². The Bertz CT molecular complexity index is 1100. The van der Waals surface area contributed by atoms with Crippen molar-refractivity contribution in [1.29, 1.82) is 0 Å². The molecule has 3 N–H and O–H groups in total. The van der Waals surface area contributed by atoms with E-state index in [0.29, 0.717) is 13.0 Å². The highest BCUT2D eigenvalue weighted by Crippen LogP contribution is 2.28. The normalized spacial score (nSPS) is 18.3. The summed E-state index contributed by atoms with van der Waals surface area (Å²) in [4.78, 5) is 46.2. The van der Waals surface area contributed by atoms with Gasteiger partial charge in [-0.05, 0) is 36.3 Å². The third kappa shape index (κ3) is 8.10. The van der Waals surface area contributed by atoms with Crippen LogP contribution in [0.25, 0.3) is 10.4 Å². The van der Waals surface area contributed by atoms with Gasteiger partial charge in [-0.1, -0.05) is 67.4 Å². The van der Waals surface area contributed by atoms with Gasteiger partial charge < -0.3 is 20.6 Å². The summed E-state index contributed by atoms with van der Waals surface area (Å²) in [6, 6.07) is 6.35. The lowest BCUT2D eigenvalue weighted by molar-refractivity contribution is -0.144. The number of carbonyl (C=O) groups is 3. The first-order chi connectivity index (χ1) is 18.0. The van der Waals surface area contributed by atoms with Gasteiger partial charge in [-0.3, -0.25) is 14.4 Å². The molecule has 0 radical (unpaired) electrons. The van der Waals surface area contributed by atoms with Gasteiger partial charge in [0.15, 0.2) is 0 Å². The number of unbranched alkanes of at least 4 members (excludes halogenated alkanes) is 2. The minimum absolute atomic E-state index is 0.0630. The second-order valence-corrected chi connectivity index (χ2v) is 12.6. The van der Waals surface area contributed by atoms with E-state index in [0.717, 1.165) is 46.3 Å². The number of nitrogens with zero attached hydrogens (tertiary/aromatic N) is 2. The first-order valence-corrected chi connectivity index (χ1v) is 15.1. The predicted octanol–water partition coefficient (Wildman–Crippen LogP) is 4.18. The van der Waals surface area contributed by atoms with Crippen molar-refractivity contribution in [3.8, 4) is 10.4 Å². The Kier molecular flexibility index (Phi) is 10.9. The van der Waals surface area contributed by atoms with Gasteiger partial charge in [0.25, 0.3) is 0 Å². The number of aryl methyl sites for hydroxylation is 1. The molecule has 2 heterocycles. The highest BCUT2D eigenvalue weighted by Gasteiger charge is 2.44. The van der Waals surface area contributed by atoms with E-state index in [4.69, 9.17) is 0 Å². The number of β-amino-alcohol motifs (C(OH)–C–C–N with tert-alkyl or cyclic N) is 1. The number of amides is 3. The van der Waals surface area contributed by atoms with E-state index >= 15 is 0 Å². The third-order valence-corrected chi connectivity index (χ3v) is 8.29. The van der Waals surface area contributed by atoms with Crippen LogP contribution in [0.5, 0.6) is 0 Å². The molecule has 1 aliphatic rings. The first kappa shape index (κ1) is 30.2. The minimum atomic E-state index is -0.797. The summed E-state index contributed by atoms with van der Waals surface area (Å²) < 4.78 is 0. The molecule has 10 heteroatoms. The zero-order valence-corrected chi connectivity index (χ0v) is 25.0. The minimum Gasteiger partial charge on any atom is -0.391 e. The molecular weight excluding hydrogens is 568 g/mol. The molecule has 3 rings (SSSR count). The van der Waals surface area contributed by atoms with Gasteiger partial charge in [-0.2, -0.15) is 0 Å². The first-order valence-electron chi connectivity index (χ1n) is 13.1. The van der Waals surface area contributed by atoms with E-state index in [1.54, 1.807) is 11.3 Å². The van der Waals surface area contributed by atoms with Crippen molar-refractivity contribution in [2.75, 3.05) is 11.9 Å². The SMILES string of the molecule is Cc1ncsc1-c1ccc(CNC(=O)[C@@H]2C[C@@H](O)CN2C(=O)[C@@H](NC(=O)CCCCCBr)C(C)(C)C)cc1. The highest BCUT2D eigenvalue weighted by molar-refractivity contribution is 9.09. The molecule has 0 bridgehead atoms. The summed E-state index contributed by atoms with van der Waals surface area (Å²) in [5.74, 6) is -0.830. The molecule has 8 nitrogen and oxygen atoms in total. The number of alkyl halides is 1. The molecule has 1 fully saturated rings. The number of nitrogens with one attached hydrogen (secondary N) is 2. The maximum absolute atomic E-state index is 13.6. The fourth-order valence-electron chi connectivity index (χ4n) is 4.57. The van der Waals surface area contributed by atoms with Gasteiger partial charge >= 0.3 is 0 Å². The molecule has 0 spiro atoms. The van der Waals surface area contributed by atoms with Gasteiger partial charge in [-0.25, -0.2) is 4.98 Å². The smallest absolute Gasteiger partial charge is 0.246 e. The van der Waals surface area contributed by atoms with Crippen molar-refractivity contribution >= 4 is 45.0 Å². The van der Waals surface area contributed by atoms with Crippen LogP contribution in [0.3, 0.4) is 0 Å². The van der Waals surface area contributed by atoms with Crippen LogP contribution in [-0.2, 0) is 20.9 Å². The summed E-state index contributed by atoms with van der Waals surface area (Å²) in [5.41, 5.74) is 4.26. The number of hydrogen-bond donors (Lipinski definition) is 3. The van der Waals surface area contributed by atoms with Crippen LogP contribution in [0.2, 0.25) is 0 Å². The van der Waals surface area contributed by atoms with Crippen LogP contribution >= 0.6 is 27.3 Å². The standard InChI is InChI=1S/C28H39BrN4O4S/c1-18-24(38-17-31-18)20-11-9-19(10-12-20)15-30-26(36)22-14-21(34)16-33(22)27(37)25(28(2,3)4)32-23(35)8-6-5-7-13-29/h9-12,17,21-22,25,34H,5-8,13-16H2,1-4H3,(H,30,36)(H,32,35)/t21-,22+,25-/m1/s1. The van der Waals surface area contributed by atoms with E-state index in [-0.39, 0.29) is 30.7 Å². The van der Waals surface area contributed by atoms with Crippen LogP contribution in [0, 0.1) is 12.3 Å². The number of carbonyl (C=O) groups excluding carboxylic acids is 3. The van der Waals surface area contributed by atoms with Crippen molar-refractivity contribution in [1.82, 2.24) is 20.5 Å². The molecule has 3 atom stereocenters. The van der Waals surface area contributed by atoms with Crippen molar-refractivity contribution < 1.29 is 19.5 Å². The summed E-state index contributed by atoms with van der Waals surface area (Å²) in [5, 5.41) is 17.1. The molecule has 1 saturated heterocycles. The quantitative estimate of drug-likeness (QED) is 0.262. The van der Waals surface area contributed by atoms with Gasteiger partial charge in [-0.15, -0.1) is 11.3 Å². The van der Waals surface area contributed by atoms with E-state index in [9.17, 15) is 19.5 Å². The lowest BCUT2D eigenvalue weighted by atomic mass is 9.85. The molecule has 38 heavy (non-hydrogen) atoms. The number of hydrogen-bond acceptors (Lipinski definition) is 6. The molecule has 0 aliphatic carbocycles. The molecule has 2 aromatic rings. The summed E-state index contributed by atoms with van der Waals surface area (Å²) in [6.07, 6.45) is 2.39. The second kappa shape index (κ2) is 13.7. The Labute approximate surface area is 237 Å². The third-order valence-electron chi connectivity index (χ3n) is 6.75. The predicted molar refractivity (Wildman–Crippen MR) is 154 cm³/mol. The average molecular weight is 608 g/mol. The molecule has 3 amide bonds. The van der Waals surface area contributed by atoms with Crippen LogP contribution in [-0.4, -0.2) is 62.8 Å². The fraction of sp³-hybridized carbons (Fsp3) is 0.571. The maximum atomic E-state index is 13.6. The zero-order chi connectivity index (χ0) is 27.9. The van der Waals surface area contributed by atoms with Crippen LogP contribution in [0.4, 0.5) is 0 Å². The maximum Gasteiger partial charge on any atom is 0.246 e. The number of halogens is 1. The van der Waals surface area contributed by atoms with Crippen molar-refractivity contribution in [2.24, 2.45) is 5.41 Å². The topological polar surface area (TPSA) is 112 Å². The molecule has 208 valence electrons. The van der Waals surface area contributed by atoms with Gasteiger partial charge in [0.05, 0.1) is 22.2 Å². The largest absolute Gasteiger partial charge is 0.391 e. The monoisotopic (exact) mass is 606 g/mol. The lowest BCUT2D eigenvalue weighted by Gasteiger charge is -2.35. The Morgan fingerprint density at radius 1 is 1.18 bits per heavy atom.